The molecule has 0 fully saturated rings. The molecule has 0 radical (unpaired) electrons. The average molecular weight is 278 g/mol. The Bertz CT molecular complexity index is 594. The van der Waals surface area contributed by atoms with E-state index in [0.29, 0.717) is 12.2 Å². The maximum atomic E-state index is 11.9. The topological polar surface area (TPSA) is 68.3 Å². The van der Waals surface area contributed by atoms with Crippen molar-refractivity contribution in [2.24, 2.45) is 0 Å². The van der Waals surface area contributed by atoms with Crippen LogP contribution in [0, 0.1) is 0 Å². The first kappa shape index (κ1) is 13.5. The second kappa shape index (κ2) is 6.29. The summed E-state index contributed by atoms with van der Waals surface area (Å²) in [6.45, 7) is 2.38. The number of nitrogens with zero attached hydrogens (tertiary/aromatic N) is 1. The van der Waals surface area contributed by atoms with Crippen LogP contribution in [0.5, 0.6) is 0 Å². The van der Waals surface area contributed by atoms with Crippen molar-refractivity contribution in [3.8, 4) is 0 Å². The summed E-state index contributed by atoms with van der Waals surface area (Å²) in [5.41, 5.74) is 3.20. The summed E-state index contributed by atoms with van der Waals surface area (Å²) < 4.78 is 5.75. The average Bonchev–Trinajstić information content (AvgIpc) is 2.86. The number of rotatable bonds is 5. The van der Waals surface area contributed by atoms with E-state index in [9.17, 15) is 9.59 Å². The van der Waals surface area contributed by atoms with E-state index in [-0.39, 0.29) is 24.8 Å². The molecular weight excluding hydrogens is 264 g/mol. The number of ether oxygens (including phenoxy) is 1. The molecule has 0 unspecified atom stereocenters. The minimum Gasteiger partial charge on any atom is -0.466 e. The smallest absolute Gasteiger partial charge is 0.307 e. The van der Waals surface area contributed by atoms with Crippen LogP contribution < -0.4 is 5.32 Å². The normalized spacial score (nSPS) is 10.4. The standard InChI is InChI=1S/C13H14N2O3S/c1-2-18-12(16)5-6-14-13(17)9-3-4-10-11(7-9)19-8-15-10/h3-4,7-8H,2,5-6H2,1H3,(H,14,17). The Labute approximate surface area is 114 Å². The molecule has 2 rings (SSSR count). The van der Waals surface area contributed by atoms with Gasteiger partial charge in [0.15, 0.2) is 0 Å². The van der Waals surface area contributed by atoms with Gasteiger partial charge in [0.2, 0.25) is 0 Å². The SMILES string of the molecule is CCOC(=O)CCNC(=O)c1ccc2ncsc2c1. The molecule has 6 heteroatoms. The first-order chi connectivity index (χ1) is 9.20. The van der Waals surface area contributed by atoms with Crippen molar-refractivity contribution < 1.29 is 14.3 Å². The van der Waals surface area contributed by atoms with Gasteiger partial charge in [0, 0.05) is 12.1 Å². The van der Waals surface area contributed by atoms with Crippen molar-refractivity contribution in [2.75, 3.05) is 13.2 Å². The van der Waals surface area contributed by atoms with E-state index in [0.717, 1.165) is 10.2 Å². The molecule has 1 aromatic heterocycles. The van der Waals surface area contributed by atoms with Gasteiger partial charge in [0.25, 0.3) is 5.91 Å². The predicted molar refractivity (Wildman–Crippen MR) is 73.2 cm³/mol. The number of carbonyl (C=O) groups excluding carboxylic acids is 2. The number of amides is 1. The summed E-state index contributed by atoms with van der Waals surface area (Å²) in [5.74, 6) is -0.500. The van der Waals surface area contributed by atoms with Crippen LogP contribution in [0.25, 0.3) is 10.2 Å². The Balaban J connectivity index is 1.90. The molecular formula is C13H14N2O3S. The van der Waals surface area contributed by atoms with E-state index in [2.05, 4.69) is 10.3 Å². The number of hydrogen-bond acceptors (Lipinski definition) is 5. The van der Waals surface area contributed by atoms with Crippen LogP contribution >= 0.6 is 11.3 Å². The fourth-order valence-corrected chi connectivity index (χ4v) is 2.33. The van der Waals surface area contributed by atoms with Gasteiger partial charge in [-0.2, -0.15) is 0 Å². The molecule has 2 aromatic rings. The molecule has 1 aromatic carbocycles. The Morgan fingerprint density at radius 3 is 3.05 bits per heavy atom. The summed E-state index contributed by atoms with van der Waals surface area (Å²) in [6, 6.07) is 5.33. The molecule has 19 heavy (non-hydrogen) atoms. The molecule has 100 valence electrons. The predicted octanol–water partition coefficient (Wildman–Crippen LogP) is 1.98. The zero-order chi connectivity index (χ0) is 13.7. The maximum Gasteiger partial charge on any atom is 0.307 e. The van der Waals surface area contributed by atoms with Gasteiger partial charge < -0.3 is 10.1 Å². The minimum absolute atomic E-state index is 0.183. The van der Waals surface area contributed by atoms with E-state index < -0.39 is 0 Å². The van der Waals surface area contributed by atoms with E-state index in [1.54, 1.807) is 24.6 Å². The quantitative estimate of drug-likeness (QED) is 0.849. The van der Waals surface area contributed by atoms with Gasteiger partial charge in [-0.1, -0.05) is 0 Å². The fraction of sp³-hybridized carbons (Fsp3) is 0.308. The number of aromatic nitrogens is 1. The highest BCUT2D eigenvalue weighted by Crippen LogP contribution is 2.18. The zero-order valence-electron chi connectivity index (χ0n) is 10.5. The first-order valence-electron chi connectivity index (χ1n) is 5.97. The van der Waals surface area contributed by atoms with Crippen molar-refractivity contribution in [1.82, 2.24) is 10.3 Å². The van der Waals surface area contributed by atoms with Gasteiger partial charge in [-0.15, -0.1) is 11.3 Å². The van der Waals surface area contributed by atoms with E-state index >= 15 is 0 Å². The third-order valence-electron chi connectivity index (χ3n) is 2.51. The van der Waals surface area contributed by atoms with Gasteiger partial charge in [-0.3, -0.25) is 9.59 Å². The molecule has 1 N–H and O–H groups in total. The highest BCUT2D eigenvalue weighted by atomic mass is 32.1. The third-order valence-corrected chi connectivity index (χ3v) is 3.31. The summed E-state index contributed by atoms with van der Waals surface area (Å²) in [7, 11) is 0. The van der Waals surface area contributed by atoms with Gasteiger partial charge in [-0.05, 0) is 25.1 Å². The van der Waals surface area contributed by atoms with Gasteiger partial charge in [0.05, 0.1) is 28.8 Å². The number of hydrogen-bond donors (Lipinski definition) is 1. The van der Waals surface area contributed by atoms with Crippen LogP contribution in [0.15, 0.2) is 23.7 Å². The Hall–Kier alpha value is -1.95. The summed E-state index contributed by atoms with van der Waals surface area (Å²) in [4.78, 5) is 27.1. The number of fused-ring (bicyclic) bond motifs is 1. The largest absolute Gasteiger partial charge is 0.466 e. The number of nitrogens with one attached hydrogen (secondary N) is 1. The zero-order valence-corrected chi connectivity index (χ0v) is 11.3. The molecule has 0 aliphatic rings. The van der Waals surface area contributed by atoms with E-state index in [1.165, 1.54) is 11.3 Å². The highest BCUT2D eigenvalue weighted by molar-refractivity contribution is 7.16. The van der Waals surface area contributed by atoms with Gasteiger partial charge in [-0.25, -0.2) is 4.98 Å². The van der Waals surface area contributed by atoms with E-state index in [1.807, 2.05) is 6.07 Å². The second-order valence-electron chi connectivity index (χ2n) is 3.85. The van der Waals surface area contributed by atoms with Crippen LogP contribution in [-0.4, -0.2) is 30.0 Å². The molecule has 0 atom stereocenters. The van der Waals surface area contributed by atoms with Crippen LogP contribution in [-0.2, 0) is 9.53 Å². The molecule has 0 aliphatic heterocycles. The molecule has 0 saturated heterocycles. The molecule has 0 saturated carbocycles. The lowest BCUT2D eigenvalue weighted by Crippen LogP contribution is -2.26. The molecule has 5 nitrogen and oxygen atoms in total. The monoisotopic (exact) mass is 278 g/mol. The van der Waals surface area contributed by atoms with Crippen molar-refractivity contribution in [2.45, 2.75) is 13.3 Å². The van der Waals surface area contributed by atoms with Crippen molar-refractivity contribution in [3.05, 3.63) is 29.3 Å². The molecule has 1 amide bonds. The summed E-state index contributed by atoms with van der Waals surface area (Å²) >= 11 is 1.49. The Morgan fingerprint density at radius 1 is 1.42 bits per heavy atom. The van der Waals surface area contributed by atoms with Crippen LogP contribution in [0.1, 0.15) is 23.7 Å². The van der Waals surface area contributed by atoms with Crippen molar-refractivity contribution in [1.29, 1.82) is 0 Å². The Morgan fingerprint density at radius 2 is 2.26 bits per heavy atom. The maximum absolute atomic E-state index is 11.9. The van der Waals surface area contributed by atoms with Crippen LogP contribution in [0.2, 0.25) is 0 Å². The van der Waals surface area contributed by atoms with Gasteiger partial charge >= 0.3 is 5.97 Å². The second-order valence-corrected chi connectivity index (χ2v) is 4.73. The molecule has 0 aliphatic carbocycles. The number of thiazole rings is 1. The lowest BCUT2D eigenvalue weighted by Gasteiger charge is -2.05. The highest BCUT2D eigenvalue weighted by Gasteiger charge is 2.08. The lowest BCUT2D eigenvalue weighted by molar-refractivity contribution is -0.142. The van der Waals surface area contributed by atoms with E-state index in [4.69, 9.17) is 4.74 Å². The molecule has 0 spiro atoms. The third kappa shape index (κ3) is 3.51. The number of benzene rings is 1. The fourth-order valence-electron chi connectivity index (χ4n) is 1.61. The summed E-state index contributed by atoms with van der Waals surface area (Å²) in [6.07, 6.45) is 0.183. The minimum atomic E-state index is -0.305. The summed E-state index contributed by atoms with van der Waals surface area (Å²) in [5, 5.41) is 2.69. The number of carbonyl (C=O) groups is 2. The lowest BCUT2D eigenvalue weighted by atomic mass is 10.2. The van der Waals surface area contributed by atoms with Gasteiger partial charge in [0.1, 0.15) is 0 Å². The van der Waals surface area contributed by atoms with Crippen molar-refractivity contribution >= 4 is 33.4 Å². The van der Waals surface area contributed by atoms with Crippen LogP contribution in [0.3, 0.4) is 0 Å². The molecule has 0 bridgehead atoms. The molecule has 1 heterocycles. The Kier molecular flexibility index (Phi) is 4.46. The number of esters is 1. The first-order valence-corrected chi connectivity index (χ1v) is 6.85. The van der Waals surface area contributed by atoms with Crippen LogP contribution in [0.4, 0.5) is 0 Å². The van der Waals surface area contributed by atoms with Crippen molar-refractivity contribution in [3.63, 3.8) is 0 Å².